The number of carbonyl (C=O) groups excluding carboxylic acids is 1. The highest BCUT2D eigenvalue weighted by atomic mass is 16.7. The van der Waals surface area contributed by atoms with Gasteiger partial charge < -0.3 is 9.47 Å². The first-order valence-corrected chi connectivity index (χ1v) is 10.1. The quantitative estimate of drug-likeness (QED) is 0.328. The number of benzene rings is 1. The van der Waals surface area contributed by atoms with E-state index in [1.165, 1.54) is 51.4 Å². The van der Waals surface area contributed by atoms with Crippen molar-refractivity contribution in [2.45, 2.75) is 89.9 Å². The molecule has 0 aromatic heterocycles. The lowest BCUT2D eigenvalue weighted by Gasteiger charge is -2.11. The summed E-state index contributed by atoms with van der Waals surface area (Å²) in [6.45, 7) is 2.89. The van der Waals surface area contributed by atoms with Crippen LogP contribution < -0.4 is 0 Å². The first kappa shape index (κ1) is 20.1. The third kappa shape index (κ3) is 8.15. The predicted molar refractivity (Wildman–Crippen MR) is 102 cm³/mol. The smallest absolute Gasteiger partial charge is 0.162 e. The van der Waals surface area contributed by atoms with Gasteiger partial charge in [-0.3, -0.25) is 4.79 Å². The summed E-state index contributed by atoms with van der Waals surface area (Å²) in [6, 6.07) is 9.49. The molecule has 1 fully saturated rings. The summed E-state index contributed by atoms with van der Waals surface area (Å²) in [6.07, 6.45) is 12.9. The van der Waals surface area contributed by atoms with Crippen LogP contribution in [0, 0.1) is 0 Å². The molecule has 2 unspecified atom stereocenters. The molecule has 0 radical (unpaired) electrons. The maximum Gasteiger partial charge on any atom is 0.162 e. The van der Waals surface area contributed by atoms with Crippen molar-refractivity contribution in [1.82, 2.24) is 0 Å². The number of rotatable bonds is 13. The van der Waals surface area contributed by atoms with Crippen molar-refractivity contribution >= 4 is 5.78 Å². The van der Waals surface area contributed by atoms with Crippen LogP contribution in [0.5, 0.6) is 0 Å². The van der Waals surface area contributed by atoms with Gasteiger partial charge in [0.05, 0.1) is 12.7 Å². The minimum absolute atomic E-state index is 0.0584. The zero-order chi connectivity index (χ0) is 17.7. The zero-order valence-electron chi connectivity index (χ0n) is 15.8. The predicted octanol–water partition coefficient (Wildman–Crippen LogP) is 5.92. The van der Waals surface area contributed by atoms with Crippen molar-refractivity contribution in [2.75, 3.05) is 6.61 Å². The second kappa shape index (κ2) is 12.2. The Morgan fingerprint density at radius 3 is 2.36 bits per heavy atom. The Hall–Kier alpha value is -1.19. The van der Waals surface area contributed by atoms with Crippen molar-refractivity contribution < 1.29 is 14.3 Å². The Balaban J connectivity index is 1.49. The summed E-state index contributed by atoms with van der Waals surface area (Å²) in [5, 5.41) is 0. The number of unbranched alkanes of at least 4 members (excludes halogenated alkanes) is 7. The summed E-state index contributed by atoms with van der Waals surface area (Å²) in [5.41, 5.74) is 0.789. The van der Waals surface area contributed by atoms with E-state index in [1.54, 1.807) is 0 Å². The second-order valence-corrected chi connectivity index (χ2v) is 7.11. The molecule has 0 aliphatic carbocycles. The molecule has 1 aromatic rings. The highest BCUT2D eigenvalue weighted by Crippen LogP contribution is 2.21. The normalized spacial score (nSPS) is 20.0. The van der Waals surface area contributed by atoms with Crippen LogP contribution in [0.1, 0.15) is 87.9 Å². The molecule has 0 bridgehead atoms. The fourth-order valence-electron chi connectivity index (χ4n) is 3.32. The highest BCUT2D eigenvalue weighted by Gasteiger charge is 2.25. The number of ketones is 1. The van der Waals surface area contributed by atoms with Crippen LogP contribution in [-0.4, -0.2) is 24.8 Å². The van der Waals surface area contributed by atoms with Gasteiger partial charge in [-0.15, -0.1) is 0 Å². The summed E-state index contributed by atoms with van der Waals surface area (Å²) < 4.78 is 11.7. The van der Waals surface area contributed by atoms with Crippen molar-refractivity contribution in [3.05, 3.63) is 35.9 Å². The molecule has 2 rings (SSSR count). The minimum atomic E-state index is -0.0584. The van der Waals surface area contributed by atoms with Crippen molar-refractivity contribution in [2.24, 2.45) is 0 Å². The van der Waals surface area contributed by atoms with E-state index < -0.39 is 0 Å². The lowest BCUT2D eigenvalue weighted by atomic mass is 10.0. The summed E-state index contributed by atoms with van der Waals surface area (Å²) >= 11 is 0. The highest BCUT2D eigenvalue weighted by molar-refractivity contribution is 5.95. The van der Waals surface area contributed by atoms with Crippen LogP contribution in [-0.2, 0) is 9.47 Å². The second-order valence-electron chi connectivity index (χ2n) is 7.11. The number of ether oxygens (including phenoxy) is 2. The van der Waals surface area contributed by atoms with E-state index in [1.807, 2.05) is 30.3 Å². The first-order chi connectivity index (χ1) is 12.3. The van der Waals surface area contributed by atoms with Gasteiger partial charge in [-0.2, -0.15) is 0 Å². The standard InChI is InChI=1S/C22H34O3/c1-2-3-4-5-6-7-8-12-15-22-24-18-20(25-22)16-17-21(23)19-13-10-9-11-14-19/h9-11,13-14,20,22H,2-8,12,15-18H2,1H3. The maximum absolute atomic E-state index is 12.1. The molecular weight excluding hydrogens is 312 g/mol. The fraction of sp³-hybridized carbons (Fsp3) is 0.682. The molecular formula is C22H34O3. The van der Waals surface area contributed by atoms with E-state index >= 15 is 0 Å². The summed E-state index contributed by atoms with van der Waals surface area (Å²) in [5.74, 6) is 0.190. The SMILES string of the molecule is CCCCCCCCCCC1OCC(CCC(=O)c2ccccc2)O1. The Bertz CT molecular complexity index is 471. The topological polar surface area (TPSA) is 35.5 Å². The lowest BCUT2D eigenvalue weighted by molar-refractivity contribution is -0.0640. The van der Waals surface area contributed by atoms with Gasteiger partial charge in [0.25, 0.3) is 0 Å². The zero-order valence-corrected chi connectivity index (χ0v) is 15.8. The van der Waals surface area contributed by atoms with Crippen molar-refractivity contribution in [1.29, 1.82) is 0 Å². The minimum Gasteiger partial charge on any atom is -0.350 e. The summed E-state index contributed by atoms with van der Waals surface area (Å²) in [4.78, 5) is 12.1. The van der Waals surface area contributed by atoms with Gasteiger partial charge >= 0.3 is 0 Å². The molecule has 1 aliphatic rings. The van der Waals surface area contributed by atoms with Crippen LogP contribution in [0.15, 0.2) is 30.3 Å². The van der Waals surface area contributed by atoms with Crippen LogP contribution >= 0.6 is 0 Å². The van der Waals surface area contributed by atoms with E-state index in [0.717, 1.165) is 18.4 Å². The molecule has 140 valence electrons. The van der Waals surface area contributed by atoms with Gasteiger partial charge in [0.15, 0.2) is 12.1 Å². The molecule has 0 saturated carbocycles. The van der Waals surface area contributed by atoms with Crippen LogP contribution in [0.4, 0.5) is 0 Å². The Labute approximate surface area is 153 Å². The molecule has 0 N–H and O–H groups in total. The Morgan fingerprint density at radius 1 is 0.960 bits per heavy atom. The van der Waals surface area contributed by atoms with Gasteiger partial charge in [0.1, 0.15) is 0 Å². The molecule has 1 aliphatic heterocycles. The van der Waals surface area contributed by atoms with Crippen LogP contribution in [0.3, 0.4) is 0 Å². The molecule has 0 amide bonds. The van der Waals surface area contributed by atoms with E-state index in [9.17, 15) is 4.79 Å². The number of hydrogen-bond acceptors (Lipinski definition) is 3. The largest absolute Gasteiger partial charge is 0.350 e. The third-order valence-corrected chi connectivity index (χ3v) is 4.89. The van der Waals surface area contributed by atoms with Gasteiger partial charge in [-0.1, -0.05) is 82.2 Å². The molecule has 2 atom stereocenters. The van der Waals surface area contributed by atoms with Crippen LogP contribution in [0.2, 0.25) is 0 Å². The number of Topliss-reactive ketones (excluding diaryl/α,β-unsaturated/α-hetero) is 1. The molecule has 1 saturated heterocycles. The van der Waals surface area contributed by atoms with Gasteiger partial charge in [-0.05, 0) is 19.3 Å². The molecule has 1 aromatic carbocycles. The third-order valence-electron chi connectivity index (χ3n) is 4.89. The lowest BCUT2D eigenvalue weighted by Crippen LogP contribution is -2.14. The van der Waals surface area contributed by atoms with E-state index in [0.29, 0.717) is 13.0 Å². The fourth-order valence-corrected chi connectivity index (χ4v) is 3.32. The summed E-state index contributed by atoms with van der Waals surface area (Å²) in [7, 11) is 0. The Kier molecular flexibility index (Phi) is 9.83. The van der Waals surface area contributed by atoms with E-state index in [-0.39, 0.29) is 18.2 Å². The van der Waals surface area contributed by atoms with Gasteiger partial charge in [0.2, 0.25) is 0 Å². The average Bonchev–Trinajstić information content (AvgIpc) is 3.10. The number of carbonyl (C=O) groups is 1. The molecule has 1 heterocycles. The molecule has 3 nitrogen and oxygen atoms in total. The van der Waals surface area contributed by atoms with Crippen molar-refractivity contribution in [3.63, 3.8) is 0 Å². The van der Waals surface area contributed by atoms with Gasteiger partial charge in [-0.25, -0.2) is 0 Å². The van der Waals surface area contributed by atoms with Gasteiger partial charge in [0, 0.05) is 12.0 Å². The first-order valence-electron chi connectivity index (χ1n) is 10.1. The molecule has 3 heteroatoms. The molecule has 25 heavy (non-hydrogen) atoms. The van der Waals surface area contributed by atoms with E-state index in [4.69, 9.17) is 9.47 Å². The van der Waals surface area contributed by atoms with Crippen LogP contribution in [0.25, 0.3) is 0 Å². The number of hydrogen-bond donors (Lipinski definition) is 0. The van der Waals surface area contributed by atoms with E-state index in [2.05, 4.69) is 6.92 Å². The molecule has 0 spiro atoms. The maximum atomic E-state index is 12.1. The van der Waals surface area contributed by atoms with Crippen molar-refractivity contribution in [3.8, 4) is 0 Å². The monoisotopic (exact) mass is 346 g/mol. The average molecular weight is 347 g/mol. The Morgan fingerprint density at radius 2 is 1.64 bits per heavy atom.